The summed E-state index contributed by atoms with van der Waals surface area (Å²) >= 11 is -1.60. The van der Waals surface area contributed by atoms with Crippen LogP contribution in [0.2, 0.25) is 0 Å². The van der Waals surface area contributed by atoms with Gasteiger partial charge in [0.2, 0.25) is 0 Å². The van der Waals surface area contributed by atoms with Crippen LogP contribution in [-0.4, -0.2) is 54.4 Å². The Morgan fingerprint density at radius 3 is 1.97 bits per heavy atom. The van der Waals surface area contributed by atoms with E-state index in [-0.39, 0.29) is 29.4 Å². The van der Waals surface area contributed by atoms with Crippen molar-refractivity contribution >= 4 is 32.7 Å². The average Bonchev–Trinajstić information content (AvgIpc) is 2.87. The highest BCUT2D eigenvalue weighted by Crippen LogP contribution is 2.23. The molecule has 0 aliphatic carbocycles. The van der Waals surface area contributed by atoms with E-state index in [0.29, 0.717) is 10.5 Å². The van der Waals surface area contributed by atoms with Crippen molar-refractivity contribution in [2.45, 2.75) is 23.6 Å². The molecule has 190 valence electrons. The summed E-state index contributed by atoms with van der Waals surface area (Å²) < 4.78 is 39.4. The maximum atomic E-state index is 13.4. The first-order chi connectivity index (χ1) is 17.1. The summed E-state index contributed by atoms with van der Waals surface area (Å²) in [6, 6.07) is 19.3. The third-order valence-corrected chi connectivity index (χ3v) is 8.97. The Balaban J connectivity index is 1.88. The number of sulfone groups is 1. The van der Waals surface area contributed by atoms with Gasteiger partial charge in [-0.05, 0) is 61.4 Å². The van der Waals surface area contributed by atoms with Gasteiger partial charge >= 0.3 is 0 Å². The molecule has 0 bridgehead atoms. The molecule has 0 aromatic heterocycles. The minimum Gasteiger partial charge on any atom is -0.611 e. The highest BCUT2D eigenvalue weighted by atomic mass is 32.2. The Hall–Kier alpha value is -2.98. The van der Waals surface area contributed by atoms with E-state index in [4.69, 9.17) is 5.11 Å². The molecule has 9 heteroatoms. The van der Waals surface area contributed by atoms with E-state index >= 15 is 0 Å². The van der Waals surface area contributed by atoms with Gasteiger partial charge in [-0.1, -0.05) is 47.5 Å². The number of Topliss-reactive ketones (excluding diaryl/α,β-unsaturated/α-hetero) is 1. The van der Waals surface area contributed by atoms with Crippen LogP contribution in [0, 0.1) is 19.8 Å². The van der Waals surface area contributed by atoms with E-state index in [2.05, 4.69) is 5.32 Å². The van der Waals surface area contributed by atoms with E-state index in [0.717, 1.165) is 11.1 Å². The number of carbonyl (C=O) groups excluding carboxylic acids is 2. The van der Waals surface area contributed by atoms with Crippen LogP contribution in [0.25, 0.3) is 0 Å². The molecule has 0 saturated carbocycles. The van der Waals surface area contributed by atoms with Gasteiger partial charge in [0.05, 0.1) is 23.2 Å². The number of ketones is 1. The number of aliphatic hydroxyl groups excluding tert-OH is 1. The lowest BCUT2D eigenvalue weighted by atomic mass is 9.99. The molecule has 0 fully saturated rings. The molecule has 2 unspecified atom stereocenters. The standard InChI is InChI=1S/C27H29NO6S2/c1-19-3-11-24(12-4-19)35(32)17-23(18-36(33,34)25-13-5-20(2)6-14-25)26(30)21-7-9-22(10-8-21)27(31)28-15-16-29/h3-14,23,29H,15-18H2,1-2H3,(H,28,31). The van der Waals surface area contributed by atoms with Crippen LogP contribution >= 0.6 is 0 Å². The summed E-state index contributed by atoms with van der Waals surface area (Å²) in [5.41, 5.74) is 2.42. The normalized spacial score (nSPS) is 13.1. The molecule has 7 nitrogen and oxygen atoms in total. The first-order valence-electron chi connectivity index (χ1n) is 11.4. The minimum absolute atomic E-state index is 0.0999. The second-order valence-corrected chi connectivity index (χ2v) is 12.1. The first kappa shape index (κ1) is 27.6. The van der Waals surface area contributed by atoms with Gasteiger partial charge in [0.25, 0.3) is 5.91 Å². The zero-order valence-corrected chi connectivity index (χ0v) is 21.8. The predicted molar refractivity (Wildman–Crippen MR) is 139 cm³/mol. The Bertz CT molecular complexity index is 1290. The van der Waals surface area contributed by atoms with Crippen molar-refractivity contribution in [2.24, 2.45) is 5.92 Å². The molecule has 0 radical (unpaired) electrons. The maximum Gasteiger partial charge on any atom is 0.251 e. The lowest BCUT2D eigenvalue weighted by Crippen LogP contribution is -2.31. The molecule has 3 aromatic rings. The Morgan fingerprint density at radius 1 is 0.889 bits per heavy atom. The van der Waals surface area contributed by atoms with Crippen LogP contribution in [0.15, 0.2) is 82.6 Å². The summed E-state index contributed by atoms with van der Waals surface area (Å²) in [7, 11) is -3.84. The Morgan fingerprint density at radius 2 is 1.42 bits per heavy atom. The number of carbonyl (C=O) groups is 2. The van der Waals surface area contributed by atoms with Gasteiger partial charge in [-0.25, -0.2) is 8.42 Å². The van der Waals surface area contributed by atoms with Crippen LogP contribution in [-0.2, 0) is 21.0 Å². The quantitative estimate of drug-likeness (QED) is 0.292. The molecule has 0 saturated heterocycles. The third-order valence-electron chi connectivity index (χ3n) is 5.64. The SMILES string of the molecule is Cc1ccc([S+]([O-])CC(CS(=O)(=O)c2ccc(C)cc2)C(=O)c2ccc(C(=O)NCCO)cc2)cc1. The minimum atomic E-state index is -3.84. The number of benzene rings is 3. The summed E-state index contributed by atoms with van der Waals surface area (Å²) in [6.07, 6.45) is 0. The van der Waals surface area contributed by atoms with Crippen molar-refractivity contribution in [2.75, 3.05) is 24.7 Å². The van der Waals surface area contributed by atoms with Gasteiger partial charge < -0.3 is 15.0 Å². The highest BCUT2D eigenvalue weighted by molar-refractivity contribution is 7.92. The molecule has 0 spiro atoms. The molecule has 0 heterocycles. The number of aliphatic hydroxyl groups is 1. The van der Waals surface area contributed by atoms with Crippen LogP contribution < -0.4 is 5.32 Å². The molecule has 0 aliphatic heterocycles. The van der Waals surface area contributed by atoms with Gasteiger partial charge in [-0.3, -0.25) is 9.59 Å². The fourth-order valence-corrected chi connectivity index (χ4v) is 6.53. The maximum absolute atomic E-state index is 13.4. The molecule has 1 amide bonds. The number of hydrogen-bond acceptors (Lipinski definition) is 6. The molecule has 2 N–H and O–H groups in total. The highest BCUT2D eigenvalue weighted by Gasteiger charge is 2.32. The van der Waals surface area contributed by atoms with Crippen LogP contribution in [0.4, 0.5) is 0 Å². The van der Waals surface area contributed by atoms with E-state index in [1.54, 1.807) is 24.3 Å². The van der Waals surface area contributed by atoms with E-state index in [1.165, 1.54) is 36.4 Å². The zero-order chi connectivity index (χ0) is 26.3. The lowest BCUT2D eigenvalue weighted by Gasteiger charge is -2.19. The number of amides is 1. The average molecular weight is 528 g/mol. The van der Waals surface area contributed by atoms with Crippen LogP contribution in [0.1, 0.15) is 31.8 Å². The summed E-state index contributed by atoms with van der Waals surface area (Å²) in [5.74, 6) is -2.58. The van der Waals surface area contributed by atoms with Gasteiger partial charge in [0, 0.05) is 17.7 Å². The summed E-state index contributed by atoms with van der Waals surface area (Å²) in [6.45, 7) is 3.66. The zero-order valence-electron chi connectivity index (χ0n) is 20.1. The smallest absolute Gasteiger partial charge is 0.251 e. The van der Waals surface area contributed by atoms with Gasteiger partial charge in [-0.2, -0.15) is 0 Å². The largest absolute Gasteiger partial charge is 0.611 e. The second-order valence-electron chi connectivity index (χ2n) is 8.54. The summed E-state index contributed by atoms with van der Waals surface area (Å²) in [5, 5.41) is 11.4. The second kappa shape index (κ2) is 12.3. The molecule has 3 aromatic carbocycles. The van der Waals surface area contributed by atoms with Crippen molar-refractivity contribution in [3.63, 3.8) is 0 Å². The Kier molecular flexibility index (Phi) is 9.44. The number of rotatable bonds is 11. The number of nitrogens with one attached hydrogen (secondary N) is 1. The van der Waals surface area contributed by atoms with Gasteiger partial charge in [0.1, 0.15) is 5.75 Å². The summed E-state index contributed by atoms with van der Waals surface area (Å²) in [4.78, 5) is 26.2. The lowest BCUT2D eigenvalue weighted by molar-refractivity contribution is 0.0932. The third kappa shape index (κ3) is 7.27. The Labute approximate surface area is 214 Å². The van der Waals surface area contributed by atoms with Crippen molar-refractivity contribution in [3.8, 4) is 0 Å². The fraction of sp³-hybridized carbons (Fsp3) is 0.259. The molecule has 2 atom stereocenters. The molecule has 36 heavy (non-hydrogen) atoms. The van der Waals surface area contributed by atoms with Crippen LogP contribution in [0.3, 0.4) is 0 Å². The first-order valence-corrected chi connectivity index (χ1v) is 14.4. The van der Waals surface area contributed by atoms with E-state index < -0.39 is 44.4 Å². The topological polar surface area (TPSA) is 124 Å². The molecular formula is C27H29NO6S2. The molecular weight excluding hydrogens is 498 g/mol. The van der Waals surface area contributed by atoms with Gasteiger partial charge in [0.15, 0.2) is 20.5 Å². The fourth-order valence-electron chi connectivity index (χ4n) is 3.57. The molecule has 0 aliphatic rings. The van der Waals surface area contributed by atoms with Crippen molar-refractivity contribution in [3.05, 3.63) is 95.1 Å². The van der Waals surface area contributed by atoms with Gasteiger partial charge in [-0.15, -0.1) is 0 Å². The van der Waals surface area contributed by atoms with Crippen molar-refractivity contribution in [1.82, 2.24) is 5.32 Å². The predicted octanol–water partition coefficient (Wildman–Crippen LogP) is 3.11. The van der Waals surface area contributed by atoms with E-state index in [9.17, 15) is 22.6 Å². The number of hydrogen-bond donors (Lipinski definition) is 2. The van der Waals surface area contributed by atoms with Crippen LogP contribution in [0.5, 0.6) is 0 Å². The van der Waals surface area contributed by atoms with Crippen molar-refractivity contribution in [1.29, 1.82) is 0 Å². The molecule has 3 rings (SSSR count). The van der Waals surface area contributed by atoms with Crippen molar-refractivity contribution < 1.29 is 27.7 Å². The van der Waals surface area contributed by atoms with E-state index in [1.807, 2.05) is 26.0 Å². The monoisotopic (exact) mass is 527 g/mol. The number of aryl methyl sites for hydroxylation is 2.